The SMILES string of the molecule is C[C@@H]1CN([C@@H](C)CO)S(=O)(=O)c2ccc(C#CC3CC3)cc2O[C@H]1CN(C)CC1CCOCC1. The summed E-state index contributed by atoms with van der Waals surface area (Å²) in [5, 5.41) is 9.81. The molecule has 1 saturated carbocycles. The zero-order valence-electron chi connectivity index (χ0n) is 20.6. The Labute approximate surface area is 204 Å². The molecule has 0 radical (unpaired) electrons. The van der Waals surface area contributed by atoms with E-state index in [1.807, 2.05) is 6.92 Å². The molecule has 188 valence electrons. The van der Waals surface area contributed by atoms with E-state index in [1.54, 1.807) is 25.1 Å². The molecule has 1 aromatic rings. The Kier molecular flexibility index (Phi) is 8.21. The molecule has 0 aromatic heterocycles. The van der Waals surface area contributed by atoms with Crippen molar-refractivity contribution in [3.63, 3.8) is 0 Å². The first-order valence-corrected chi connectivity index (χ1v) is 13.9. The van der Waals surface area contributed by atoms with E-state index in [4.69, 9.17) is 9.47 Å². The monoisotopic (exact) mass is 490 g/mol. The molecule has 2 fully saturated rings. The van der Waals surface area contributed by atoms with Crippen LogP contribution in [0.1, 0.15) is 45.1 Å². The summed E-state index contributed by atoms with van der Waals surface area (Å²) in [7, 11) is -1.72. The van der Waals surface area contributed by atoms with E-state index in [0.717, 1.165) is 51.0 Å². The van der Waals surface area contributed by atoms with Gasteiger partial charge >= 0.3 is 0 Å². The molecule has 34 heavy (non-hydrogen) atoms. The van der Waals surface area contributed by atoms with Crippen molar-refractivity contribution in [2.24, 2.45) is 17.8 Å². The van der Waals surface area contributed by atoms with Gasteiger partial charge in [-0.15, -0.1) is 0 Å². The first-order chi connectivity index (χ1) is 16.3. The van der Waals surface area contributed by atoms with Crippen molar-refractivity contribution in [3.8, 4) is 17.6 Å². The smallest absolute Gasteiger partial charge is 0.247 e. The molecule has 3 aliphatic rings. The number of nitrogens with zero attached hydrogens (tertiary/aromatic N) is 2. The first-order valence-electron chi connectivity index (χ1n) is 12.5. The minimum Gasteiger partial charge on any atom is -0.487 e. The van der Waals surface area contributed by atoms with Crippen LogP contribution in [0, 0.1) is 29.6 Å². The van der Waals surface area contributed by atoms with E-state index in [-0.39, 0.29) is 23.5 Å². The van der Waals surface area contributed by atoms with Crippen LogP contribution in [-0.2, 0) is 14.8 Å². The van der Waals surface area contributed by atoms with Crippen LogP contribution < -0.4 is 4.74 Å². The molecule has 0 amide bonds. The van der Waals surface area contributed by atoms with Gasteiger partial charge in [0.05, 0.1) is 6.61 Å². The molecule has 7 nitrogen and oxygen atoms in total. The highest BCUT2D eigenvalue weighted by molar-refractivity contribution is 7.89. The lowest BCUT2D eigenvalue weighted by atomic mass is 9.98. The van der Waals surface area contributed by atoms with Crippen molar-refractivity contribution in [1.82, 2.24) is 9.21 Å². The molecule has 1 aliphatic carbocycles. The van der Waals surface area contributed by atoms with Gasteiger partial charge in [-0.05, 0) is 63.8 Å². The van der Waals surface area contributed by atoms with Crippen molar-refractivity contribution in [2.75, 3.05) is 46.5 Å². The van der Waals surface area contributed by atoms with E-state index in [0.29, 0.717) is 30.7 Å². The van der Waals surface area contributed by atoms with Crippen LogP contribution in [0.2, 0.25) is 0 Å². The maximum absolute atomic E-state index is 13.6. The molecule has 1 saturated heterocycles. The Hall–Kier alpha value is -1.63. The molecule has 2 aliphatic heterocycles. The van der Waals surface area contributed by atoms with Crippen molar-refractivity contribution in [3.05, 3.63) is 23.8 Å². The average molecular weight is 491 g/mol. The van der Waals surface area contributed by atoms with Crippen LogP contribution in [-0.4, -0.2) is 81.4 Å². The number of ether oxygens (including phenoxy) is 2. The number of hydrogen-bond donors (Lipinski definition) is 1. The lowest BCUT2D eigenvalue weighted by molar-refractivity contribution is 0.0402. The summed E-state index contributed by atoms with van der Waals surface area (Å²) in [5.74, 6) is 7.79. The Morgan fingerprint density at radius 2 is 1.94 bits per heavy atom. The molecule has 8 heteroatoms. The molecular weight excluding hydrogens is 452 g/mol. The maximum atomic E-state index is 13.6. The number of sulfonamides is 1. The summed E-state index contributed by atoms with van der Waals surface area (Å²) in [4.78, 5) is 2.44. The number of aliphatic hydroxyl groups excluding tert-OH is 1. The van der Waals surface area contributed by atoms with Crippen LogP contribution >= 0.6 is 0 Å². The number of aliphatic hydroxyl groups is 1. The summed E-state index contributed by atoms with van der Waals surface area (Å²) in [6.07, 6.45) is 4.21. The van der Waals surface area contributed by atoms with Gasteiger partial charge in [-0.2, -0.15) is 4.31 Å². The predicted octanol–water partition coefficient (Wildman–Crippen LogP) is 2.58. The minimum absolute atomic E-state index is 0.0599. The molecule has 0 spiro atoms. The zero-order chi connectivity index (χ0) is 24.3. The van der Waals surface area contributed by atoms with Crippen LogP contribution in [0.15, 0.2) is 23.1 Å². The van der Waals surface area contributed by atoms with E-state index >= 15 is 0 Å². The summed E-state index contributed by atoms with van der Waals surface area (Å²) in [5.41, 5.74) is 0.769. The van der Waals surface area contributed by atoms with Gasteiger partial charge in [-0.1, -0.05) is 18.8 Å². The van der Waals surface area contributed by atoms with Crippen molar-refractivity contribution < 1.29 is 23.0 Å². The standard InChI is InChI=1S/C26H38N2O5S/c1-19-15-28(20(2)18-29)34(30,31)26-9-8-22(7-6-21-4-5-21)14-24(26)33-25(19)17-27(3)16-23-10-12-32-13-11-23/h8-9,14,19-21,23,25,29H,4-5,10-13,15-18H2,1-3H3/t19-,20+,25+/m1/s1. The summed E-state index contributed by atoms with van der Waals surface area (Å²) in [6.45, 7) is 7.12. The highest BCUT2D eigenvalue weighted by atomic mass is 32.2. The molecule has 1 aromatic carbocycles. The van der Waals surface area contributed by atoms with Gasteiger partial charge in [0.2, 0.25) is 10.0 Å². The summed E-state index contributed by atoms with van der Waals surface area (Å²) >= 11 is 0. The van der Waals surface area contributed by atoms with Crippen molar-refractivity contribution >= 4 is 10.0 Å². The van der Waals surface area contributed by atoms with Gasteiger partial charge in [0.15, 0.2) is 0 Å². The number of likely N-dealkylation sites (N-methyl/N-ethyl adjacent to an activating group) is 1. The van der Waals surface area contributed by atoms with E-state index in [2.05, 4.69) is 23.8 Å². The lowest BCUT2D eigenvalue weighted by Crippen LogP contribution is -2.50. The normalized spacial score (nSPS) is 26.5. The Bertz CT molecular complexity index is 1010. The Morgan fingerprint density at radius 1 is 1.21 bits per heavy atom. The van der Waals surface area contributed by atoms with E-state index in [9.17, 15) is 13.5 Å². The lowest BCUT2D eigenvalue weighted by Gasteiger charge is -2.38. The maximum Gasteiger partial charge on any atom is 0.247 e. The molecule has 3 atom stereocenters. The van der Waals surface area contributed by atoms with Crippen LogP contribution in [0.4, 0.5) is 0 Å². The third-order valence-corrected chi connectivity index (χ3v) is 9.09. The fourth-order valence-electron chi connectivity index (χ4n) is 4.69. The highest BCUT2D eigenvalue weighted by Crippen LogP contribution is 2.34. The molecule has 4 rings (SSSR count). The predicted molar refractivity (Wildman–Crippen MR) is 131 cm³/mol. The topological polar surface area (TPSA) is 79.3 Å². The summed E-state index contributed by atoms with van der Waals surface area (Å²) in [6, 6.07) is 4.62. The van der Waals surface area contributed by atoms with Gasteiger partial charge in [-0.3, -0.25) is 0 Å². The average Bonchev–Trinajstić information content (AvgIpc) is 3.64. The summed E-state index contributed by atoms with van der Waals surface area (Å²) < 4.78 is 40.5. The third kappa shape index (κ3) is 6.13. The van der Waals surface area contributed by atoms with Crippen molar-refractivity contribution in [1.29, 1.82) is 0 Å². The van der Waals surface area contributed by atoms with Gasteiger partial charge in [0, 0.05) is 56.3 Å². The fourth-order valence-corrected chi connectivity index (χ4v) is 6.51. The Balaban J connectivity index is 1.62. The van der Waals surface area contributed by atoms with E-state index < -0.39 is 16.1 Å². The van der Waals surface area contributed by atoms with Gasteiger partial charge in [0.25, 0.3) is 0 Å². The molecule has 1 N–H and O–H groups in total. The van der Waals surface area contributed by atoms with Crippen molar-refractivity contribution in [2.45, 2.75) is 56.6 Å². The minimum atomic E-state index is -3.82. The molecule has 2 heterocycles. The van der Waals surface area contributed by atoms with Crippen LogP contribution in [0.5, 0.6) is 5.75 Å². The Morgan fingerprint density at radius 3 is 2.62 bits per heavy atom. The first kappa shape index (κ1) is 25.5. The van der Waals surface area contributed by atoms with Crippen LogP contribution in [0.3, 0.4) is 0 Å². The fraction of sp³-hybridized carbons (Fsp3) is 0.692. The molecular formula is C26H38N2O5S. The second kappa shape index (κ2) is 11.0. The van der Waals surface area contributed by atoms with Gasteiger partial charge in [0.1, 0.15) is 16.7 Å². The zero-order valence-corrected chi connectivity index (χ0v) is 21.4. The van der Waals surface area contributed by atoms with Gasteiger partial charge < -0.3 is 19.5 Å². The second-order valence-corrected chi connectivity index (χ2v) is 12.1. The number of benzene rings is 1. The van der Waals surface area contributed by atoms with E-state index in [1.165, 1.54) is 4.31 Å². The molecule has 0 unspecified atom stereocenters. The molecule has 0 bridgehead atoms. The number of fused-ring (bicyclic) bond motifs is 1. The second-order valence-electron chi connectivity index (χ2n) is 10.2. The third-order valence-electron chi connectivity index (χ3n) is 7.07. The van der Waals surface area contributed by atoms with Crippen LogP contribution in [0.25, 0.3) is 0 Å². The quantitative estimate of drug-likeness (QED) is 0.618. The largest absolute Gasteiger partial charge is 0.487 e. The number of rotatable bonds is 6. The highest BCUT2D eigenvalue weighted by Gasteiger charge is 2.38. The van der Waals surface area contributed by atoms with Gasteiger partial charge in [-0.25, -0.2) is 8.42 Å². The number of hydrogen-bond acceptors (Lipinski definition) is 6.